The molecule has 0 bridgehead atoms. The normalized spacial score (nSPS) is 10.9. The van der Waals surface area contributed by atoms with E-state index in [2.05, 4.69) is 48.4 Å². The van der Waals surface area contributed by atoms with Gasteiger partial charge in [0.1, 0.15) is 0 Å². The fourth-order valence-corrected chi connectivity index (χ4v) is 2.73. The molecule has 0 radical (unpaired) electrons. The SMILES string of the molecule is CC(C)N(Cc1cccc(C#N)c1)Cc1cccs1. The van der Waals surface area contributed by atoms with Crippen LogP contribution >= 0.6 is 11.3 Å². The molecule has 0 unspecified atom stereocenters. The first kappa shape index (κ1) is 13.8. The molecule has 1 heterocycles. The van der Waals surface area contributed by atoms with Crippen LogP contribution in [-0.2, 0) is 13.1 Å². The predicted molar refractivity (Wildman–Crippen MR) is 79.9 cm³/mol. The standard InChI is InChI=1S/C16H18N2S/c1-13(2)18(12-16-7-4-8-19-16)11-15-6-3-5-14(9-15)10-17/h3-9,13H,11-12H2,1-2H3. The van der Waals surface area contributed by atoms with Gasteiger partial charge in [-0.1, -0.05) is 18.2 Å². The molecule has 1 aromatic carbocycles. The molecule has 0 saturated heterocycles. The summed E-state index contributed by atoms with van der Waals surface area (Å²) in [5, 5.41) is 11.1. The van der Waals surface area contributed by atoms with Crippen molar-refractivity contribution in [1.29, 1.82) is 5.26 Å². The van der Waals surface area contributed by atoms with Crippen LogP contribution in [0.2, 0.25) is 0 Å². The summed E-state index contributed by atoms with van der Waals surface area (Å²) >= 11 is 1.79. The lowest BCUT2D eigenvalue weighted by Crippen LogP contribution is -2.29. The Labute approximate surface area is 118 Å². The van der Waals surface area contributed by atoms with Gasteiger partial charge >= 0.3 is 0 Å². The van der Waals surface area contributed by atoms with Crippen LogP contribution in [0.3, 0.4) is 0 Å². The second-order valence-corrected chi connectivity index (χ2v) is 5.92. The molecule has 0 spiro atoms. The number of hydrogen-bond donors (Lipinski definition) is 0. The highest BCUT2D eigenvalue weighted by molar-refractivity contribution is 7.09. The van der Waals surface area contributed by atoms with Crippen molar-refractivity contribution in [1.82, 2.24) is 4.90 Å². The monoisotopic (exact) mass is 270 g/mol. The third-order valence-corrected chi connectivity index (χ3v) is 3.97. The van der Waals surface area contributed by atoms with E-state index >= 15 is 0 Å². The minimum Gasteiger partial charge on any atom is -0.292 e. The molecule has 0 aliphatic carbocycles. The van der Waals surface area contributed by atoms with Crippen LogP contribution in [0, 0.1) is 11.3 Å². The van der Waals surface area contributed by atoms with E-state index in [0.717, 1.165) is 18.7 Å². The fraction of sp³-hybridized carbons (Fsp3) is 0.312. The lowest BCUT2D eigenvalue weighted by Gasteiger charge is -2.26. The highest BCUT2D eigenvalue weighted by Crippen LogP contribution is 2.17. The number of benzene rings is 1. The zero-order valence-corrected chi connectivity index (χ0v) is 12.2. The molecule has 0 aliphatic rings. The third-order valence-electron chi connectivity index (χ3n) is 3.11. The summed E-state index contributed by atoms with van der Waals surface area (Å²) in [6, 6.07) is 14.8. The zero-order chi connectivity index (χ0) is 13.7. The lowest BCUT2D eigenvalue weighted by molar-refractivity contribution is 0.205. The number of nitrogens with zero attached hydrogens (tertiary/aromatic N) is 2. The van der Waals surface area contributed by atoms with Crippen molar-refractivity contribution < 1.29 is 0 Å². The van der Waals surface area contributed by atoms with Crippen molar-refractivity contribution in [2.24, 2.45) is 0 Å². The number of thiophene rings is 1. The van der Waals surface area contributed by atoms with Crippen LogP contribution in [0.4, 0.5) is 0 Å². The summed E-state index contributed by atoms with van der Waals surface area (Å²) in [6.45, 7) is 6.26. The molecular formula is C16H18N2S. The first-order valence-electron chi connectivity index (χ1n) is 6.44. The zero-order valence-electron chi connectivity index (χ0n) is 11.3. The number of nitriles is 1. The van der Waals surface area contributed by atoms with E-state index < -0.39 is 0 Å². The lowest BCUT2D eigenvalue weighted by atomic mass is 10.1. The van der Waals surface area contributed by atoms with Crippen LogP contribution in [0.1, 0.15) is 29.9 Å². The van der Waals surface area contributed by atoms with E-state index in [0.29, 0.717) is 6.04 Å². The summed E-state index contributed by atoms with van der Waals surface area (Å²) in [5.74, 6) is 0. The Hall–Kier alpha value is -1.63. The van der Waals surface area contributed by atoms with Gasteiger partial charge in [0.2, 0.25) is 0 Å². The Morgan fingerprint density at radius 3 is 2.68 bits per heavy atom. The Bertz CT molecular complexity index is 552. The van der Waals surface area contributed by atoms with E-state index in [1.807, 2.05) is 18.2 Å². The van der Waals surface area contributed by atoms with Crippen LogP contribution < -0.4 is 0 Å². The number of rotatable bonds is 5. The minimum atomic E-state index is 0.479. The highest BCUT2D eigenvalue weighted by Gasteiger charge is 2.11. The number of hydrogen-bond acceptors (Lipinski definition) is 3. The van der Waals surface area contributed by atoms with Crippen LogP contribution in [0.25, 0.3) is 0 Å². The highest BCUT2D eigenvalue weighted by atomic mass is 32.1. The largest absolute Gasteiger partial charge is 0.292 e. The van der Waals surface area contributed by atoms with Gasteiger partial charge in [-0.2, -0.15) is 5.26 Å². The molecule has 0 N–H and O–H groups in total. The molecule has 1 aromatic heterocycles. The van der Waals surface area contributed by atoms with Crippen molar-refractivity contribution in [3.05, 3.63) is 57.8 Å². The summed E-state index contributed by atoms with van der Waals surface area (Å²) in [6.07, 6.45) is 0. The van der Waals surface area contributed by atoms with E-state index in [9.17, 15) is 0 Å². The van der Waals surface area contributed by atoms with Gasteiger partial charge in [0.15, 0.2) is 0 Å². The molecule has 0 amide bonds. The average molecular weight is 270 g/mol. The summed E-state index contributed by atoms with van der Waals surface area (Å²) in [7, 11) is 0. The van der Waals surface area contributed by atoms with Gasteiger partial charge in [-0.05, 0) is 43.0 Å². The average Bonchev–Trinajstić information content (AvgIpc) is 2.91. The molecule has 0 saturated carbocycles. The van der Waals surface area contributed by atoms with Crippen molar-refractivity contribution in [3.8, 4) is 6.07 Å². The van der Waals surface area contributed by atoms with E-state index in [1.54, 1.807) is 11.3 Å². The Kier molecular flexibility index (Phi) is 4.73. The molecule has 2 aromatic rings. The topological polar surface area (TPSA) is 27.0 Å². The van der Waals surface area contributed by atoms with Gasteiger partial charge in [0, 0.05) is 24.0 Å². The smallest absolute Gasteiger partial charge is 0.0991 e. The Morgan fingerprint density at radius 2 is 2.05 bits per heavy atom. The summed E-state index contributed by atoms with van der Waals surface area (Å²) in [5.41, 5.74) is 1.93. The van der Waals surface area contributed by atoms with Gasteiger partial charge in [0.05, 0.1) is 11.6 Å². The molecule has 19 heavy (non-hydrogen) atoms. The van der Waals surface area contributed by atoms with Crippen LogP contribution in [0.15, 0.2) is 41.8 Å². The maximum absolute atomic E-state index is 8.95. The van der Waals surface area contributed by atoms with Crippen LogP contribution in [-0.4, -0.2) is 10.9 Å². The minimum absolute atomic E-state index is 0.479. The molecule has 0 fully saturated rings. The maximum Gasteiger partial charge on any atom is 0.0991 e. The van der Waals surface area contributed by atoms with E-state index in [-0.39, 0.29) is 0 Å². The quantitative estimate of drug-likeness (QED) is 0.820. The van der Waals surface area contributed by atoms with Gasteiger partial charge in [-0.15, -0.1) is 11.3 Å². The molecule has 2 nitrogen and oxygen atoms in total. The molecule has 98 valence electrons. The maximum atomic E-state index is 8.95. The van der Waals surface area contributed by atoms with E-state index in [1.165, 1.54) is 10.4 Å². The second-order valence-electron chi connectivity index (χ2n) is 4.89. The van der Waals surface area contributed by atoms with Crippen molar-refractivity contribution in [2.75, 3.05) is 0 Å². The predicted octanol–water partition coefficient (Wildman–Crippen LogP) is 4.03. The third kappa shape index (κ3) is 3.92. The molecule has 0 atom stereocenters. The van der Waals surface area contributed by atoms with Gasteiger partial charge in [-0.25, -0.2) is 0 Å². The summed E-state index contributed by atoms with van der Waals surface area (Å²) < 4.78 is 0. The second kappa shape index (κ2) is 6.51. The Balaban J connectivity index is 2.10. The van der Waals surface area contributed by atoms with Gasteiger partial charge < -0.3 is 0 Å². The molecular weight excluding hydrogens is 252 g/mol. The van der Waals surface area contributed by atoms with Gasteiger partial charge in [-0.3, -0.25) is 4.90 Å². The first-order chi connectivity index (χ1) is 9.19. The summed E-state index contributed by atoms with van der Waals surface area (Å²) in [4.78, 5) is 3.80. The van der Waals surface area contributed by atoms with Crippen molar-refractivity contribution in [3.63, 3.8) is 0 Å². The van der Waals surface area contributed by atoms with Gasteiger partial charge in [0.25, 0.3) is 0 Å². The Morgan fingerprint density at radius 1 is 1.21 bits per heavy atom. The fourth-order valence-electron chi connectivity index (χ4n) is 2.00. The first-order valence-corrected chi connectivity index (χ1v) is 7.32. The molecule has 3 heteroatoms. The van der Waals surface area contributed by atoms with Crippen LogP contribution in [0.5, 0.6) is 0 Å². The van der Waals surface area contributed by atoms with Crippen molar-refractivity contribution >= 4 is 11.3 Å². The van der Waals surface area contributed by atoms with E-state index in [4.69, 9.17) is 5.26 Å². The molecule has 2 rings (SSSR count). The molecule has 0 aliphatic heterocycles. The van der Waals surface area contributed by atoms with Crippen molar-refractivity contribution in [2.45, 2.75) is 33.0 Å².